The lowest BCUT2D eigenvalue weighted by Crippen LogP contribution is -2.20. The van der Waals surface area contributed by atoms with Crippen LogP contribution in [-0.2, 0) is 22.4 Å². The van der Waals surface area contributed by atoms with Gasteiger partial charge in [-0.25, -0.2) is 0 Å². The molecule has 3 aliphatic rings. The molecule has 0 saturated carbocycles. The van der Waals surface area contributed by atoms with Crippen LogP contribution in [0.1, 0.15) is 43.0 Å². The number of hydrogen-bond acceptors (Lipinski definition) is 6. The van der Waals surface area contributed by atoms with Crippen molar-refractivity contribution in [1.29, 1.82) is 0 Å². The number of ether oxygens (including phenoxy) is 2. The first-order valence-corrected chi connectivity index (χ1v) is 11.4. The van der Waals surface area contributed by atoms with Crippen LogP contribution in [0.5, 0.6) is 11.5 Å². The van der Waals surface area contributed by atoms with E-state index in [-0.39, 0.29) is 23.5 Å². The SMILES string of the molecule is O=C1Cc2ccccc2O1.O=C1Cc2ccccc2O1.O=C1c2ccccc2C(=O)c2ccccc21. The number of ketones is 2. The summed E-state index contributed by atoms with van der Waals surface area (Å²) in [6.45, 7) is 0. The van der Waals surface area contributed by atoms with E-state index < -0.39 is 0 Å². The Kier molecular flexibility index (Phi) is 6.24. The molecule has 1 aliphatic carbocycles. The number of benzene rings is 4. The largest absolute Gasteiger partial charge is 0.426 e. The number of carbonyl (C=O) groups is 4. The van der Waals surface area contributed by atoms with Crippen molar-refractivity contribution in [2.45, 2.75) is 12.8 Å². The van der Waals surface area contributed by atoms with Crippen molar-refractivity contribution in [2.24, 2.45) is 0 Å². The average Bonchev–Trinajstić information content (AvgIpc) is 3.48. The van der Waals surface area contributed by atoms with Crippen LogP contribution in [0, 0.1) is 0 Å². The molecule has 4 aromatic rings. The van der Waals surface area contributed by atoms with Gasteiger partial charge in [-0.3, -0.25) is 19.2 Å². The first-order chi connectivity index (χ1) is 17.5. The van der Waals surface area contributed by atoms with Crippen molar-refractivity contribution < 1.29 is 28.7 Å². The van der Waals surface area contributed by atoms with Gasteiger partial charge in [-0.05, 0) is 12.1 Å². The van der Waals surface area contributed by atoms with E-state index in [4.69, 9.17) is 9.47 Å². The van der Waals surface area contributed by atoms with Gasteiger partial charge in [0.15, 0.2) is 11.6 Å². The molecule has 0 unspecified atom stereocenters. The first kappa shape index (κ1) is 22.9. The van der Waals surface area contributed by atoms with Crippen LogP contribution in [0.25, 0.3) is 0 Å². The van der Waals surface area contributed by atoms with Crippen LogP contribution in [0.15, 0.2) is 97.1 Å². The summed E-state index contributed by atoms with van der Waals surface area (Å²) in [5.74, 6) is 0.999. The van der Waals surface area contributed by atoms with E-state index in [1.54, 1.807) is 60.7 Å². The van der Waals surface area contributed by atoms with Crippen molar-refractivity contribution in [2.75, 3.05) is 0 Å². The van der Waals surface area contributed by atoms with E-state index in [0.29, 0.717) is 46.6 Å². The minimum Gasteiger partial charge on any atom is -0.426 e. The molecule has 7 rings (SSSR count). The predicted octanol–water partition coefficient (Wildman–Crippen LogP) is 4.76. The van der Waals surface area contributed by atoms with E-state index in [1.807, 2.05) is 36.4 Å². The number of rotatable bonds is 0. The Hall–Kier alpha value is -4.84. The molecular formula is C30H20O6. The van der Waals surface area contributed by atoms with Crippen LogP contribution in [-0.4, -0.2) is 23.5 Å². The third-order valence-corrected chi connectivity index (χ3v) is 5.90. The van der Waals surface area contributed by atoms with E-state index in [2.05, 4.69) is 0 Å². The number of carbonyl (C=O) groups excluding carboxylic acids is 4. The van der Waals surface area contributed by atoms with Crippen molar-refractivity contribution in [3.63, 3.8) is 0 Å². The molecule has 176 valence electrons. The highest BCUT2D eigenvalue weighted by molar-refractivity contribution is 6.28. The van der Waals surface area contributed by atoms with E-state index in [0.717, 1.165) is 11.1 Å². The summed E-state index contributed by atoms with van der Waals surface area (Å²) >= 11 is 0. The standard InChI is InChI=1S/C14H8O2.2C8H6O2/c15-13-9-5-1-2-6-10(9)14(16)12-8-4-3-7-11(12)13;2*9-8-5-6-3-1-2-4-7(6)10-8/h1-8H;2*1-4H,5H2. The quantitative estimate of drug-likeness (QED) is 0.237. The second kappa shape index (κ2) is 9.80. The van der Waals surface area contributed by atoms with Gasteiger partial charge in [-0.15, -0.1) is 0 Å². The third-order valence-electron chi connectivity index (χ3n) is 5.90. The molecule has 0 radical (unpaired) electrons. The summed E-state index contributed by atoms with van der Waals surface area (Å²) in [7, 11) is 0. The van der Waals surface area contributed by atoms with Gasteiger partial charge < -0.3 is 9.47 Å². The number of esters is 2. The predicted molar refractivity (Wildman–Crippen MR) is 131 cm³/mol. The number of para-hydroxylation sites is 2. The lowest BCUT2D eigenvalue weighted by atomic mass is 9.84. The fourth-order valence-corrected chi connectivity index (χ4v) is 4.18. The molecule has 2 heterocycles. The van der Waals surface area contributed by atoms with Gasteiger partial charge in [0.1, 0.15) is 11.5 Å². The fraction of sp³-hybridized carbons (Fsp3) is 0.0667. The molecule has 6 nitrogen and oxygen atoms in total. The Morgan fingerprint density at radius 3 is 1.06 bits per heavy atom. The number of hydrogen-bond donors (Lipinski definition) is 0. The molecule has 36 heavy (non-hydrogen) atoms. The lowest BCUT2D eigenvalue weighted by Gasteiger charge is -2.16. The van der Waals surface area contributed by atoms with Crippen LogP contribution < -0.4 is 9.47 Å². The van der Waals surface area contributed by atoms with Crippen molar-refractivity contribution in [3.05, 3.63) is 130 Å². The summed E-state index contributed by atoms with van der Waals surface area (Å²) in [5.41, 5.74) is 4.01. The van der Waals surface area contributed by atoms with Crippen molar-refractivity contribution in [3.8, 4) is 11.5 Å². The molecule has 0 N–H and O–H groups in total. The summed E-state index contributed by atoms with van der Waals surface area (Å²) in [5, 5.41) is 0. The zero-order valence-corrected chi connectivity index (χ0v) is 19.1. The van der Waals surface area contributed by atoms with Gasteiger partial charge in [0.05, 0.1) is 12.8 Å². The van der Waals surface area contributed by atoms with Gasteiger partial charge in [0.25, 0.3) is 0 Å². The normalized spacial score (nSPS) is 14.0. The van der Waals surface area contributed by atoms with Gasteiger partial charge >= 0.3 is 11.9 Å². The van der Waals surface area contributed by atoms with Gasteiger partial charge in [-0.2, -0.15) is 0 Å². The highest BCUT2D eigenvalue weighted by atomic mass is 16.5. The highest BCUT2D eigenvalue weighted by Gasteiger charge is 2.28. The van der Waals surface area contributed by atoms with E-state index in [1.165, 1.54) is 0 Å². The molecule has 0 spiro atoms. The van der Waals surface area contributed by atoms with Crippen LogP contribution in [0.3, 0.4) is 0 Å². The molecule has 6 heteroatoms. The lowest BCUT2D eigenvalue weighted by molar-refractivity contribution is -0.132. The molecule has 0 saturated heterocycles. The molecule has 0 amide bonds. The maximum absolute atomic E-state index is 12.1. The Labute approximate surface area is 207 Å². The smallest absolute Gasteiger partial charge is 0.315 e. The van der Waals surface area contributed by atoms with Crippen molar-refractivity contribution >= 4 is 23.5 Å². The minimum absolute atomic E-state index is 0.0641. The molecule has 2 aliphatic heterocycles. The second-order valence-corrected chi connectivity index (χ2v) is 8.27. The first-order valence-electron chi connectivity index (χ1n) is 11.4. The molecule has 4 aromatic carbocycles. The molecule has 0 atom stereocenters. The monoisotopic (exact) mass is 476 g/mol. The van der Waals surface area contributed by atoms with Gasteiger partial charge in [0.2, 0.25) is 0 Å². The Balaban J connectivity index is 0.000000116. The summed E-state index contributed by atoms with van der Waals surface area (Å²) in [6.07, 6.45) is 0.854. The Morgan fingerprint density at radius 2 is 0.722 bits per heavy atom. The zero-order valence-electron chi connectivity index (χ0n) is 19.1. The highest BCUT2D eigenvalue weighted by Crippen LogP contribution is 2.27. The van der Waals surface area contributed by atoms with Gasteiger partial charge in [0, 0.05) is 33.4 Å². The van der Waals surface area contributed by atoms with Gasteiger partial charge in [-0.1, -0.05) is 84.9 Å². The maximum atomic E-state index is 12.1. The molecule has 0 fully saturated rings. The molecule has 0 bridgehead atoms. The van der Waals surface area contributed by atoms with Crippen LogP contribution >= 0.6 is 0 Å². The summed E-state index contributed by atoms with van der Waals surface area (Å²) < 4.78 is 9.74. The molecular weight excluding hydrogens is 456 g/mol. The second-order valence-electron chi connectivity index (χ2n) is 8.27. The van der Waals surface area contributed by atoms with Crippen LogP contribution in [0.4, 0.5) is 0 Å². The Bertz CT molecular complexity index is 1300. The van der Waals surface area contributed by atoms with E-state index in [9.17, 15) is 19.2 Å². The fourth-order valence-electron chi connectivity index (χ4n) is 4.18. The average molecular weight is 476 g/mol. The number of fused-ring (bicyclic) bond motifs is 4. The summed E-state index contributed by atoms with van der Waals surface area (Å²) in [6, 6.07) is 28.8. The summed E-state index contributed by atoms with van der Waals surface area (Å²) in [4.78, 5) is 45.6. The third kappa shape index (κ3) is 4.57. The Morgan fingerprint density at radius 1 is 0.417 bits per heavy atom. The maximum Gasteiger partial charge on any atom is 0.315 e. The van der Waals surface area contributed by atoms with Crippen molar-refractivity contribution in [1.82, 2.24) is 0 Å². The zero-order chi connectivity index (χ0) is 25.1. The van der Waals surface area contributed by atoms with Crippen LogP contribution in [0.2, 0.25) is 0 Å². The minimum atomic E-state index is -0.152. The topological polar surface area (TPSA) is 86.7 Å². The molecule has 0 aromatic heterocycles. The van der Waals surface area contributed by atoms with E-state index >= 15 is 0 Å².